The molecular formula is C15H15N5O2. The van der Waals surface area contributed by atoms with Crippen LogP contribution in [0.5, 0.6) is 5.88 Å². The minimum atomic E-state index is 0.00524. The summed E-state index contributed by atoms with van der Waals surface area (Å²) in [7, 11) is 0. The zero-order valence-corrected chi connectivity index (χ0v) is 12.0. The molecule has 112 valence electrons. The molecule has 7 heteroatoms. The van der Waals surface area contributed by atoms with Crippen LogP contribution in [0.4, 0.5) is 5.95 Å². The van der Waals surface area contributed by atoms with Crippen LogP contribution in [0.1, 0.15) is 12.5 Å². The SMILES string of the molecule is CCOc1nc(N)nc2ncc(-c3ccc(CO)cc3)nc12. The lowest BCUT2D eigenvalue weighted by molar-refractivity contribution is 0.282. The van der Waals surface area contributed by atoms with Gasteiger partial charge in [0.1, 0.15) is 0 Å². The molecule has 3 N–H and O–H groups in total. The van der Waals surface area contributed by atoms with E-state index in [4.69, 9.17) is 15.6 Å². The van der Waals surface area contributed by atoms with Gasteiger partial charge in [-0.2, -0.15) is 9.97 Å². The van der Waals surface area contributed by atoms with Crippen molar-refractivity contribution >= 4 is 17.1 Å². The smallest absolute Gasteiger partial charge is 0.247 e. The van der Waals surface area contributed by atoms with Crippen LogP contribution in [-0.4, -0.2) is 31.6 Å². The molecule has 3 aromatic rings. The van der Waals surface area contributed by atoms with Gasteiger partial charge in [-0.1, -0.05) is 24.3 Å². The van der Waals surface area contributed by atoms with Crippen molar-refractivity contribution in [3.8, 4) is 17.1 Å². The molecule has 7 nitrogen and oxygen atoms in total. The minimum absolute atomic E-state index is 0.00524. The van der Waals surface area contributed by atoms with Crippen LogP contribution in [0.15, 0.2) is 30.5 Å². The van der Waals surface area contributed by atoms with Gasteiger partial charge >= 0.3 is 0 Å². The van der Waals surface area contributed by atoms with E-state index in [1.165, 1.54) is 0 Å². The molecule has 3 rings (SSSR count). The first-order valence-corrected chi connectivity index (χ1v) is 6.84. The van der Waals surface area contributed by atoms with Crippen LogP contribution < -0.4 is 10.5 Å². The molecule has 0 bridgehead atoms. The number of nitrogens with zero attached hydrogens (tertiary/aromatic N) is 4. The first kappa shape index (κ1) is 14.2. The highest BCUT2D eigenvalue weighted by Gasteiger charge is 2.12. The van der Waals surface area contributed by atoms with E-state index >= 15 is 0 Å². The third-order valence-electron chi connectivity index (χ3n) is 3.11. The second kappa shape index (κ2) is 5.90. The molecule has 0 spiro atoms. The molecule has 0 amide bonds. The molecule has 0 atom stereocenters. The van der Waals surface area contributed by atoms with E-state index < -0.39 is 0 Å². The number of nitrogens with two attached hydrogens (primary N) is 1. The minimum Gasteiger partial charge on any atom is -0.476 e. The number of nitrogen functional groups attached to an aromatic ring is 1. The van der Waals surface area contributed by atoms with Gasteiger partial charge in [0.15, 0.2) is 11.2 Å². The summed E-state index contributed by atoms with van der Waals surface area (Å²) in [6, 6.07) is 7.42. The Hall–Kier alpha value is -2.80. The Morgan fingerprint density at radius 2 is 1.91 bits per heavy atom. The van der Waals surface area contributed by atoms with Gasteiger partial charge in [0, 0.05) is 5.56 Å². The van der Waals surface area contributed by atoms with Gasteiger partial charge in [-0.05, 0) is 12.5 Å². The van der Waals surface area contributed by atoms with Crippen molar-refractivity contribution in [3.05, 3.63) is 36.0 Å². The molecule has 0 saturated heterocycles. The van der Waals surface area contributed by atoms with Crippen molar-refractivity contribution in [2.24, 2.45) is 0 Å². The second-order valence-electron chi connectivity index (χ2n) is 4.60. The lowest BCUT2D eigenvalue weighted by Crippen LogP contribution is -2.04. The third kappa shape index (κ3) is 2.66. The molecule has 1 aromatic carbocycles. The fraction of sp³-hybridized carbons (Fsp3) is 0.200. The lowest BCUT2D eigenvalue weighted by atomic mass is 10.1. The summed E-state index contributed by atoms with van der Waals surface area (Å²) in [5, 5.41) is 9.09. The fourth-order valence-electron chi connectivity index (χ4n) is 2.06. The Morgan fingerprint density at radius 3 is 2.59 bits per heavy atom. The van der Waals surface area contributed by atoms with Crippen molar-refractivity contribution in [3.63, 3.8) is 0 Å². The molecule has 2 heterocycles. The molecular weight excluding hydrogens is 282 g/mol. The standard InChI is InChI=1S/C15H15N5O2/c1-2-22-14-12-13(19-15(16)20-14)17-7-11(18-12)10-5-3-9(8-21)4-6-10/h3-7,21H,2,8H2,1H3,(H2,16,17,19,20). The largest absolute Gasteiger partial charge is 0.476 e. The van der Waals surface area contributed by atoms with Crippen LogP contribution in [0.25, 0.3) is 22.4 Å². The molecule has 0 aliphatic carbocycles. The molecule has 0 aliphatic heterocycles. The number of aromatic nitrogens is 4. The average Bonchev–Trinajstić information content (AvgIpc) is 2.55. The summed E-state index contributed by atoms with van der Waals surface area (Å²) >= 11 is 0. The van der Waals surface area contributed by atoms with Crippen LogP contribution >= 0.6 is 0 Å². The summed E-state index contributed by atoms with van der Waals surface area (Å²) < 4.78 is 5.46. The van der Waals surface area contributed by atoms with Crippen LogP contribution in [0.2, 0.25) is 0 Å². The van der Waals surface area contributed by atoms with E-state index in [-0.39, 0.29) is 12.6 Å². The van der Waals surface area contributed by atoms with Gasteiger partial charge in [-0.3, -0.25) is 0 Å². The number of aliphatic hydroxyl groups excluding tert-OH is 1. The second-order valence-corrected chi connectivity index (χ2v) is 4.60. The predicted octanol–water partition coefficient (Wildman–Crippen LogP) is 1.56. The van der Waals surface area contributed by atoms with Crippen molar-refractivity contribution < 1.29 is 9.84 Å². The van der Waals surface area contributed by atoms with Gasteiger partial charge in [-0.15, -0.1) is 0 Å². The molecule has 0 radical (unpaired) electrons. The van der Waals surface area contributed by atoms with Crippen molar-refractivity contribution in [2.75, 3.05) is 12.3 Å². The number of fused-ring (bicyclic) bond motifs is 1. The molecule has 0 fully saturated rings. The number of ether oxygens (including phenoxy) is 1. The van der Waals surface area contributed by atoms with E-state index in [0.717, 1.165) is 11.1 Å². The van der Waals surface area contributed by atoms with Crippen LogP contribution in [0, 0.1) is 0 Å². The lowest BCUT2D eigenvalue weighted by Gasteiger charge is -2.07. The molecule has 2 aromatic heterocycles. The maximum Gasteiger partial charge on any atom is 0.247 e. The Labute approximate surface area is 126 Å². The Bertz CT molecular complexity index is 805. The quantitative estimate of drug-likeness (QED) is 0.752. The van der Waals surface area contributed by atoms with Gasteiger partial charge < -0.3 is 15.6 Å². The molecule has 0 unspecified atom stereocenters. The van der Waals surface area contributed by atoms with Gasteiger partial charge in [0.2, 0.25) is 11.8 Å². The summed E-state index contributed by atoms with van der Waals surface area (Å²) in [6.07, 6.45) is 1.62. The third-order valence-corrected chi connectivity index (χ3v) is 3.11. The van der Waals surface area contributed by atoms with Crippen molar-refractivity contribution in [1.82, 2.24) is 19.9 Å². The summed E-state index contributed by atoms with van der Waals surface area (Å²) in [5.41, 5.74) is 8.90. The summed E-state index contributed by atoms with van der Waals surface area (Å²) in [4.78, 5) is 16.9. The van der Waals surface area contributed by atoms with E-state index in [2.05, 4.69) is 19.9 Å². The predicted molar refractivity (Wildman–Crippen MR) is 82.1 cm³/mol. The number of hydrogen-bond acceptors (Lipinski definition) is 7. The number of aliphatic hydroxyl groups is 1. The first-order valence-electron chi connectivity index (χ1n) is 6.84. The van der Waals surface area contributed by atoms with Gasteiger partial charge in [-0.25, -0.2) is 9.97 Å². The highest BCUT2D eigenvalue weighted by Crippen LogP contribution is 2.24. The Kier molecular flexibility index (Phi) is 3.80. The van der Waals surface area contributed by atoms with Crippen molar-refractivity contribution in [1.29, 1.82) is 0 Å². The molecule has 0 aliphatic rings. The maximum atomic E-state index is 9.09. The normalized spacial score (nSPS) is 10.8. The van der Waals surface area contributed by atoms with E-state index in [0.29, 0.717) is 29.3 Å². The monoisotopic (exact) mass is 297 g/mol. The molecule has 0 saturated carbocycles. The number of rotatable bonds is 4. The average molecular weight is 297 g/mol. The molecule has 22 heavy (non-hydrogen) atoms. The topological polar surface area (TPSA) is 107 Å². The summed E-state index contributed by atoms with van der Waals surface area (Å²) in [5.74, 6) is 0.427. The van der Waals surface area contributed by atoms with Gasteiger partial charge in [0.05, 0.1) is 25.1 Å². The Balaban J connectivity index is 2.11. The van der Waals surface area contributed by atoms with Gasteiger partial charge in [0.25, 0.3) is 0 Å². The van der Waals surface area contributed by atoms with E-state index in [1.54, 1.807) is 6.20 Å². The zero-order valence-electron chi connectivity index (χ0n) is 12.0. The summed E-state index contributed by atoms with van der Waals surface area (Å²) in [6.45, 7) is 2.31. The maximum absolute atomic E-state index is 9.09. The fourth-order valence-corrected chi connectivity index (χ4v) is 2.06. The van der Waals surface area contributed by atoms with Crippen molar-refractivity contribution in [2.45, 2.75) is 13.5 Å². The Morgan fingerprint density at radius 1 is 1.14 bits per heavy atom. The highest BCUT2D eigenvalue weighted by atomic mass is 16.5. The van der Waals surface area contributed by atoms with Crippen LogP contribution in [0.3, 0.4) is 0 Å². The van der Waals surface area contributed by atoms with E-state index in [1.807, 2.05) is 31.2 Å². The first-order chi connectivity index (χ1) is 10.7. The zero-order chi connectivity index (χ0) is 15.5. The van der Waals surface area contributed by atoms with Crippen LogP contribution in [-0.2, 0) is 6.61 Å². The number of hydrogen-bond donors (Lipinski definition) is 2. The number of benzene rings is 1. The number of anilines is 1. The van der Waals surface area contributed by atoms with E-state index in [9.17, 15) is 0 Å². The highest BCUT2D eigenvalue weighted by molar-refractivity contribution is 5.79.